The largest absolute Gasteiger partial charge is 0.419 e. The van der Waals surface area contributed by atoms with Crippen LogP contribution < -0.4 is 0 Å². The number of alkyl halides is 3. The standard InChI is InChI=1S/C13H13F3N4O/c1-7(12(2,3)21)11-8(4-17)10(13(14,15)16)9-5-18-6-19-20(9)11/h5-7,21H,1-3H3. The van der Waals surface area contributed by atoms with E-state index >= 15 is 0 Å². The first-order chi connectivity index (χ1) is 9.59. The first-order valence-electron chi connectivity index (χ1n) is 6.13. The summed E-state index contributed by atoms with van der Waals surface area (Å²) in [4.78, 5) is 3.59. The summed E-state index contributed by atoms with van der Waals surface area (Å²) >= 11 is 0. The molecule has 1 N–H and O–H groups in total. The normalized spacial score (nSPS) is 14.2. The number of aromatic nitrogens is 3. The molecule has 0 amide bonds. The smallest absolute Gasteiger partial charge is 0.390 e. The second-order valence-electron chi connectivity index (χ2n) is 5.33. The molecule has 21 heavy (non-hydrogen) atoms. The van der Waals surface area contributed by atoms with Crippen LogP contribution in [0.2, 0.25) is 0 Å². The summed E-state index contributed by atoms with van der Waals surface area (Å²) in [6, 6.07) is 1.59. The molecule has 1 unspecified atom stereocenters. The lowest BCUT2D eigenvalue weighted by molar-refractivity contribution is -0.136. The van der Waals surface area contributed by atoms with E-state index in [4.69, 9.17) is 0 Å². The van der Waals surface area contributed by atoms with Gasteiger partial charge in [0.2, 0.25) is 0 Å². The zero-order valence-electron chi connectivity index (χ0n) is 11.6. The van der Waals surface area contributed by atoms with Gasteiger partial charge in [-0.15, -0.1) is 0 Å². The molecule has 0 aromatic carbocycles. The van der Waals surface area contributed by atoms with Crippen molar-refractivity contribution in [1.29, 1.82) is 5.26 Å². The Kier molecular flexibility index (Phi) is 3.41. The number of hydrogen-bond donors (Lipinski definition) is 1. The van der Waals surface area contributed by atoms with E-state index in [1.165, 1.54) is 13.8 Å². The maximum Gasteiger partial charge on any atom is 0.419 e. The van der Waals surface area contributed by atoms with E-state index < -0.39 is 28.8 Å². The fourth-order valence-corrected chi connectivity index (χ4v) is 2.16. The lowest BCUT2D eigenvalue weighted by Crippen LogP contribution is -2.28. The van der Waals surface area contributed by atoms with Crippen molar-refractivity contribution in [2.45, 2.75) is 38.5 Å². The molecular formula is C13H13F3N4O. The van der Waals surface area contributed by atoms with E-state index in [1.54, 1.807) is 13.0 Å². The van der Waals surface area contributed by atoms with Crippen molar-refractivity contribution in [3.05, 3.63) is 29.3 Å². The van der Waals surface area contributed by atoms with Gasteiger partial charge in [0, 0.05) is 5.92 Å². The first kappa shape index (κ1) is 15.3. The number of nitriles is 1. The van der Waals surface area contributed by atoms with Crippen molar-refractivity contribution in [1.82, 2.24) is 14.6 Å². The molecule has 2 aromatic rings. The molecule has 0 spiro atoms. The van der Waals surface area contributed by atoms with Gasteiger partial charge in [-0.05, 0) is 13.8 Å². The molecule has 2 heterocycles. The quantitative estimate of drug-likeness (QED) is 0.924. The summed E-state index contributed by atoms with van der Waals surface area (Å²) in [7, 11) is 0. The van der Waals surface area contributed by atoms with Crippen LogP contribution in [0.3, 0.4) is 0 Å². The fraction of sp³-hybridized carbons (Fsp3) is 0.462. The Morgan fingerprint density at radius 3 is 2.48 bits per heavy atom. The average molecular weight is 298 g/mol. The lowest BCUT2D eigenvalue weighted by atomic mass is 9.87. The molecule has 0 aliphatic heterocycles. The van der Waals surface area contributed by atoms with Gasteiger partial charge in [0.25, 0.3) is 0 Å². The Morgan fingerprint density at radius 1 is 1.38 bits per heavy atom. The SMILES string of the molecule is CC(c1c(C#N)c(C(F)(F)F)c2cncnn12)C(C)(C)O. The summed E-state index contributed by atoms with van der Waals surface area (Å²) in [6.45, 7) is 4.48. The summed E-state index contributed by atoms with van der Waals surface area (Å²) in [5.41, 5.74) is -3.19. The Balaban J connectivity index is 2.93. The number of hydrogen-bond acceptors (Lipinski definition) is 4. The van der Waals surface area contributed by atoms with Crippen LogP contribution in [0.25, 0.3) is 5.52 Å². The van der Waals surface area contributed by atoms with Crippen LogP contribution in [0.1, 0.15) is 43.5 Å². The van der Waals surface area contributed by atoms with Gasteiger partial charge in [0.1, 0.15) is 18.0 Å². The highest BCUT2D eigenvalue weighted by atomic mass is 19.4. The van der Waals surface area contributed by atoms with Gasteiger partial charge in [0.05, 0.1) is 28.6 Å². The van der Waals surface area contributed by atoms with Crippen molar-refractivity contribution in [2.24, 2.45) is 0 Å². The van der Waals surface area contributed by atoms with Crippen molar-refractivity contribution < 1.29 is 18.3 Å². The third kappa shape index (κ3) is 2.45. The molecule has 0 saturated heterocycles. The molecule has 0 bridgehead atoms. The van der Waals surface area contributed by atoms with Crippen molar-refractivity contribution >= 4 is 5.52 Å². The minimum absolute atomic E-state index is 0.0229. The molecule has 112 valence electrons. The number of nitrogens with zero attached hydrogens (tertiary/aromatic N) is 4. The minimum atomic E-state index is -4.71. The second kappa shape index (κ2) is 4.70. The number of rotatable bonds is 2. The van der Waals surface area contributed by atoms with E-state index in [0.717, 1.165) is 17.0 Å². The highest BCUT2D eigenvalue weighted by Gasteiger charge is 2.42. The molecule has 5 nitrogen and oxygen atoms in total. The van der Waals surface area contributed by atoms with Crippen molar-refractivity contribution in [2.75, 3.05) is 0 Å². The lowest BCUT2D eigenvalue weighted by Gasteiger charge is -2.25. The third-order valence-electron chi connectivity index (χ3n) is 3.51. The highest BCUT2D eigenvalue weighted by Crippen LogP contribution is 2.41. The molecule has 0 aliphatic rings. The number of fused-ring (bicyclic) bond motifs is 1. The molecule has 0 saturated carbocycles. The summed E-state index contributed by atoms with van der Waals surface area (Å²) in [5, 5.41) is 23.1. The van der Waals surface area contributed by atoms with Crippen LogP contribution in [0.15, 0.2) is 12.5 Å². The van der Waals surface area contributed by atoms with Crippen LogP contribution in [-0.4, -0.2) is 25.3 Å². The van der Waals surface area contributed by atoms with Crippen LogP contribution in [0.5, 0.6) is 0 Å². The van der Waals surface area contributed by atoms with Crippen LogP contribution in [0, 0.1) is 11.3 Å². The molecule has 0 fully saturated rings. The topological polar surface area (TPSA) is 74.2 Å². The van der Waals surface area contributed by atoms with Gasteiger partial charge in [-0.1, -0.05) is 6.92 Å². The van der Waals surface area contributed by atoms with Crippen LogP contribution in [0.4, 0.5) is 13.2 Å². The summed E-state index contributed by atoms with van der Waals surface area (Å²) < 4.78 is 40.8. The van der Waals surface area contributed by atoms with E-state index in [0.29, 0.717) is 0 Å². The Bertz CT molecular complexity index is 722. The maximum atomic E-state index is 13.3. The zero-order valence-corrected chi connectivity index (χ0v) is 11.6. The fourth-order valence-electron chi connectivity index (χ4n) is 2.16. The van der Waals surface area contributed by atoms with Gasteiger partial charge in [-0.25, -0.2) is 9.50 Å². The number of aliphatic hydroxyl groups is 1. The molecular weight excluding hydrogens is 285 g/mol. The number of halogens is 3. The van der Waals surface area contributed by atoms with E-state index in [9.17, 15) is 23.5 Å². The van der Waals surface area contributed by atoms with Crippen LogP contribution >= 0.6 is 0 Å². The van der Waals surface area contributed by atoms with Crippen molar-refractivity contribution in [3.63, 3.8) is 0 Å². The minimum Gasteiger partial charge on any atom is -0.390 e. The van der Waals surface area contributed by atoms with Gasteiger partial charge in [0.15, 0.2) is 0 Å². The maximum absolute atomic E-state index is 13.3. The summed E-state index contributed by atoms with van der Waals surface area (Å²) in [5.74, 6) is -0.731. The third-order valence-corrected chi connectivity index (χ3v) is 3.51. The Hall–Kier alpha value is -2.14. The highest BCUT2D eigenvalue weighted by molar-refractivity contribution is 5.65. The average Bonchev–Trinajstić information content (AvgIpc) is 2.70. The molecule has 1 atom stereocenters. The zero-order chi connectivity index (χ0) is 16.0. The molecule has 0 radical (unpaired) electrons. The molecule has 8 heteroatoms. The first-order valence-corrected chi connectivity index (χ1v) is 6.13. The van der Waals surface area contributed by atoms with Crippen molar-refractivity contribution in [3.8, 4) is 6.07 Å². The molecule has 0 aliphatic carbocycles. The molecule has 2 rings (SSSR count). The monoisotopic (exact) mass is 298 g/mol. The predicted octanol–water partition coefficient (Wildman–Crippen LogP) is 2.49. The Labute approximate surface area is 118 Å². The van der Waals surface area contributed by atoms with Gasteiger partial charge < -0.3 is 5.11 Å². The van der Waals surface area contributed by atoms with Crippen LogP contribution in [-0.2, 0) is 6.18 Å². The molecule has 2 aromatic heterocycles. The van der Waals surface area contributed by atoms with Gasteiger partial charge >= 0.3 is 6.18 Å². The van der Waals surface area contributed by atoms with Gasteiger partial charge in [-0.3, -0.25) is 0 Å². The van der Waals surface area contributed by atoms with E-state index in [1.807, 2.05) is 0 Å². The summed E-state index contributed by atoms with van der Waals surface area (Å²) in [6.07, 6.45) is -2.61. The van der Waals surface area contributed by atoms with Gasteiger partial charge in [-0.2, -0.15) is 23.5 Å². The van der Waals surface area contributed by atoms with E-state index in [-0.39, 0.29) is 11.2 Å². The van der Waals surface area contributed by atoms with E-state index in [2.05, 4.69) is 10.1 Å². The Morgan fingerprint density at radius 2 is 2.00 bits per heavy atom. The second-order valence-corrected chi connectivity index (χ2v) is 5.33. The predicted molar refractivity (Wildman–Crippen MR) is 67.4 cm³/mol.